The number of carbonyl (C=O) groups is 1. The molecule has 0 radical (unpaired) electrons. The second-order valence-corrected chi connectivity index (χ2v) is 6.21. The van der Waals surface area contributed by atoms with Gasteiger partial charge in [-0.25, -0.2) is 13.9 Å². The van der Waals surface area contributed by atoms with Crippen LogP contribution in [0.3, 0.4) is 0 Å². The normalized spacial score (nSPS) is 10.8. The van der Waals surface area contributed by atoms with Gasteiger partial charge in [-0.05, 0) is 24.3 Å². The van der Waals surface area contributed by atoms with Gasteiger partial charge in [0.25, 0.3) is 11.5 Å². The number of nitrogens with zero attached hydrogens (tertiary/aromatic N) is 3. The second-order valence-electron chi connectivity index (χ2n) is 6.21. The zero-order valence-electron chi connectivity index (χ0n) is 15.1. The molecular formula is C20H16FN5O3. The molecule has 0 saturated carbocycles. The fourth-order valence-electron chi connectivity index (χ4n) is 2.75. The van der Waals surface area contributed by atoms with Crippen molar-refractivity contribution < 1.29 is 13.9 Å². The molecule has 0 saturated heterocycles. The summed E-state index contributed by atoms with van der Waals surface area (Å²) in [4.78, 5) is 32.7. The molecule has 4 aromatic rings. The van der Waals surface area contributed by atoms with Gasteiger partial charge < -0.3 is 10.1 Å². The molecule has 0 unspecified atom stereocenters. The maximum Gasteiger partial charge on any atom is 0.272 e. The number of carbonyl (C=O) groups excluding carboxylic acids is 1. The first-order valence-electron chi connectivity index (χ1n) is 8.76. The van der Waals surface area contributed by atoms with Gasteiger partial charge in [-0.3, -0.25) is 19.7 Å². The number of aromatic nitrogens is 4. The average molecular weight is 393 g/mol. The van der Waals surface area contributed by atoms with E-state index in [0.29, 0.717) is 17.0 Å². The van der Waals surface area contributed by atoms with Crippen molar-refractivity contribution in [3.63, 3.8) is 0 Å². The van der Waals surface area contributed by atoms with E-state index in [1.165, 1.54) is 28.8 Å². The van der Waals surface area contributed by atoms with Gasteiger partial charge in [-0.1, -0.05) is 6.07 Å². The number of hydrogen-bond acceptors (Lipinski definition) is 5. The fraction of sp³-hybridized carbons (Fsp3) is 0.100. The molecule has 0 spiro atoms. The standard InChI is InChI=1S/C20H16FN5O3/c21-14-4-1-5-16(7-14)29-12-19(27)23-11-15-8-20(28)26-18(24-15)9-17(25-26)13-3-2-6-22-10-13/h1-10,25H,11-12H2,(H,23,27). The molecule has 0 aliphatic carbocycles. The minimum atomic E-state index is -0.446. The first-order valence-corrected chi connectivity index (χ1v) is 8.76. The number of fused-ring (bicyclic) bond motifs is 1. The minimum absolute atomic E-state index is 0.0600. The monoisotopic (exact) mass is 393 g/mol. The Morgan fingerprint density at radius 3 is 2.90 bits per heavy atom. The number of amides is 1. The van der Waals surface area contributed by atoms with Gasteiger partial charge in [0.2, 0.25) is 0 Å². The molecule has 0 aliphatic heterocycles. The number of aromatic amines is 1. The summed E-state index contributed by atoms with van der Waals surface area (Å²) in [5, 5.41) is 5.60. The van der Waals surface area contributed by atoms with Gasteiger partial charge in [-0.15, -0.1) is 0 Å². The van der Waals surface area contributed by atoms with Gasteiger partial charge in [0, 0.05) is 36.2 Å². The zero-order valence-corrected chi connectivity index (χ0v) is 15.1. The number of pyridine rings is 1. The molecule has 8 nitrogen and oxygen atoms in total. The maximum absolute atomic E-state index is 13.1. The molecule has 9 heteroatoms. The van der Waals surface area contributed by atoms with Gasteiger partial charge in [-0.2, -0.15) is 0 Å². The van der Waals surface area contributed by atoms with E-state index in [1.54, 1.807) is 30.6 Å². The Kier molecular flexibility index (Phi) is 5.02. The molecule has 3 aromatic heterocycles. The Bertz CT molecular complexity index is 1220. The van der Waals surface area contributed by atoms with E-state index in [0.717, 1.165) is 5.56 Å². The van der Waals surface area contributed by atoms with E-state index in [-0.39, 0.29) is 24.5 Å². The molecule has 0 aliphatic rings. The lowest BCUT2D eigenvalue weighted by molar-refractivity contribution is -0.123. The molecule has 0 fully saturated rings. The summed E-state index contributed by atoms with van der Waals surface area (Å²) in [6, 6.07) is 12.3. The molecule has 0 bridgehead atoms. The zero-order chi connectivity index (χ0) is 20.2. The smallest absolute Gasteiger partial charge is 0.272 e. The van der Waals surface area contributed by atoms with Crippen LogP contribution in [0.1, 0.15) is 5.69 Å². The molecule has 0 atom stereocenters. The van der Waals surface area contributed by atoms with Gasteiger partial charge in [0.15, 0.2) is 12.3 Å². The highest BCUT2D eigenvalue weighted by Crippen LogP contribution is 2.16. The van der Waals surface area contributed by atoms with Crippen LogP contribution in [0.15, 0.2) is 65.7 Å². The minimum Gasteiger partial charge on any atom is -0.484 e. The number of hydrogen-bond donors (Lipinski definition) is 2. The van der Waals surface area contributed by atoms with Gasteiger partial charge in [0.1, 0.15) is 11.6 Å². The summed E-state index contributed by atoms with van der Waals surface area (Å²) in [5.74, 6) is -0.604. The van der Waals surface area contributed by atoms with Gasteiger partial charge >= 0.3 is 0 Å². The Morgan fingerprint density at radius 1 is 1.21 bits per heavy atom. The Morgan fingerprint density at radius 2 is 2.10 bits per heavy atom. The van der Waals surface area contributed by atoms with E-state index < -0.39 is 11.7 Å². The molecule has 3 heterocycles. The number of rotatable bonds is 6. The van der Waals surface area contributed by atoms with Crippen LogP contribution in [-0.2, 0) is 11.3 Å². The van der Waals surface area contributed by atoms with Crippen LogP contribution in [0.2, 0.25) is 0 Å². The third-order valence-electron chi connectivity index (χ3n) is 4.11. The largest absolute Gasteiger partial charge is 0.484 e. The average Bonchev–Trinajstić information content (AvgIpc) is 3.16. The summed E-state index contributed by atoms with van der Waals surface area (Å²) >= 11 is 0. The number of H-pyrrole nitrogens is 1. The van der Waals surface area contributed by atoms with Crippen LogP contribution >= 0.6 is 0 Å². The Hall–Kier alpha value is -4.01. The van der Waals surface area contributed by atoms with Crippen LogP contribution in [-0.4, -0.2) is 32.1 Å². The van der Waals surface area contributed by atoms with E-state index in [2.05, 4.69) is 20.4 Å². The Labute approximate surface area is 164 Å². The fourth-order valence-corrected chi connectivity index (χ4v) is 2.75. The third kappa shape index (κ3) is 4.29. The van der Waals surface area contributed by atoms with Crippen molar-refractivity contribution in [3.8, 4) is 17.0 Å². The summed E-state index contributed by atoms with van der Waals surface area (Å²) in [7, 11) is 0. The number of halogens is 1. The maximum atomic E-state index is 13.1. The predicted molar refractivity (Wildman–Crippen MR) is 103 cm³/mol. The second kappa shape index (κ2) is 7.93. The van der Waals surface area contributed by atoms with Crippen LogP contribution in [0, 0.1) is 5.82 Å². The molecule has 146 valence electrons. The lowest BCUT2D eigenvalue weighted by atomic mass is 10.2. The van der Waals surface area contributed by atoms with Crippen molar-refractivity contribution in [3.05, 3.63) is 82.8 Å². The first-order chi connectivity index (χ1) is 14.1. The summed E-state index contributed by atoms with van der Waals surface area (Å²) in [6.45, 7) is -0.218. The topological polar surface area (TPSA) is 101 Å². The summed E-state index contributed by atoms with van der Waals surface area (Å²) in [5.41, 5.74) is 2.06. The molecule has 1 amide bonds. The van der Waals surface area contributed by atoms with Crippen LogP contribution in [0.25, 0.3) is 16.9 Å². The highest BCUT2D eigenvalue weighted by Gasteiger charge is 2.09. The first kappa shape index (κ1) is 18.4. The molecule has 4 rings (SSSR count). The summed E-state index contributed by atoms with van der Waals surface area (Å²) in [6.07, 6.45) is 3.34. The molecule has 29 heavy (non-hydrogen) atoms. The third-order valence-corrected chi connectivity index (χ3v) is 4.11. The number of ether oxygens (including phenoxy) is 1. The predicted octanol–water partition coefficient (Wildman–Crippen LogP) is 1.92. The van der Waals surface area contributed by atoms with Crippen molar-refractivity contribution in [2.75, 3.05) is 6.61 Å². The van der Waals surface area contributed by atoms with Crippen molar-refractivity contribution in [1.29, 1.82) is 0 Å². The van der Waals surface area contributed by atoms with Crippen molar-refractivity contribution in [2.24, 2.45) is 0 Å². The molecular weight excluding hydrogens is 377 g/mol. The van der Waals surface area contributed by atoms with Gasteiger partial charge in [0.05, 0.1) is 17.9 Å². The number of benzene rings is 1. The van der Waals surface area contributed by atoms with E-state index in [4.69, 9.17) is 4.74 Å². The van der Waals surface area contributed by atoms with Crippen LogP contribution < -0.4 is 15.6 Å². The van der Waals surface area contributed by atoms with Crippen LogP contribution in [0.4, 0.5) is 4.39 Å². The highest BCUT2D eigenvalue weighted by atomic mass is 19.1. The Balaban J connectivity index is 1.43. The summed E-state index contributed by atoms with van der Waals surface area (Å²) < 4.78 is 19.7. The van der Waals surface area contributed by atoms with Crippen LogP contribution in [0.5, 0.6) is 5.75 Å². The van der Waals surface area contributed by atoms with E-state index in [9.17, 15) is 14.0 Å². The lowest BCUT2D eigenvalue weighted by Gasteiger charge is -2.07. The number of nitrogens with one attached hydrogen (secondary N) is 2. The van der Waals surface area contributed by atoms with Crippen molar-refractivity contribution in [1.82, 2.24) is 24.9 Å². The lowest BCUT2D eigenvalue weighted by Crippen LogP contribution is -2.29. The molecule has 1 aromatic carbocycles. The SMILES string of the molecule is O=C(COc1cccc(F)c1)NCc1cc(=O)n2[nH]c(-c3cccnc3)cc2n1. The van der Waals surface area contributed by atoms with Crippen molar-refractivity contribution in [2.45, 2.75) is 6.54 Å². The van der Waals surface area contributed by atoms with E-state index >= 15 is 0 Å². The molecule has 2 N–H and O–H groups in total. The quantitative estimate of drug-likeness (QED) is 0.521. The van der Waals surface area contributed by atoms with Crippen molar-refractivity contribution >= 4 is 11.6 Å². The van der Waals surface area contributed by atoms with E-state index in [1.807, 2.05) is 6.07 Å². The highest BCUT2D eigenvalue weighted by molar-refractivity contribution is 5.77.